The van der Waals surface area contributed by atoms with Crippen molar-refractivity contribution in [2.45, 2.75) is 0 Å². The zero-order valence-corrected chi connectivity index (χ0v) is 8.24. The Morgan fingerprint density at radius 1 is 1.27 bits per heavy atom. The summed E-state index contributed by atoms with van der Waals surface area (Å²) in [4.78, 5) is 2.02. The Kier molecular flexibility index (Phi) is 2.84. The molecule has 0 unspecified atom stereocenters. The summed E-state index contributed by atoms with van der Waals surface area (Å²) in [7, 11) is 0. The fourth-order valence-corrected chi connectivity index (χ4v) is 1.64. The van der Waals surface area contributed by atoms with Crippen LogP contribution < -0.4 is 4.90 Å². The highest BCUT2D eigenvalue weighted by molar-refractivity contribution is 5.52. The lowest BCUT2D eigenvalue weighted by Crippen LogP contribution is -2.36. The molecule has 1 heterocycles. The van der Waals surface area contributed by atoms with Gasteiger partial charge in [0.05, 0.1) is 24.8 Å². The summed E-state index contributed by atoms with van der Waals surface area (Å²) in [6.07, 6.45) is 0. The summed E-state index contributed by atoms with van der Waals surface area (Å²) in [6, 6.07) is 6.34. The van der Waals surface area contributed by atoms with E-state index in [1.165, 1.54) is 12.1 Å². The van der Waals surface area contributed by atoms with Gasteiger partial charge in [0.2, 0.25) is 0 Å². The van der Waals surface area contributed by atoms with E-state index in [-0.39, 0.29) is 5.82 Å². The number of nitriles is 1. The third-order valence-corrected chi connectivity index (χ3v) is 2.39. The Morgan fingerprint density at radius 3 is 2.67 bits per heavy atom. The molecule has 1 aromatic carbocycles. The van der Waals surface area contributed by atoms with Gasteiger partial charge in [0.15, 0.2) is 0 Å². The van der Waals surface area contributed by atoms with Gasteiger partial charge in [-0.05, 0) is 18.2 Å². The van der Waals surface area contributed by atoms with Crippen LogP contribution in [-0.2, 0) is 4.74 Å². The van der Waals surface area contributed by atoms with Gasteiger partial charge in [-0.2, -0.15) is 5.26 Å². The van der Waals surface area contributed by atoms with E-state index in [2.05, 4.69) is 0 Å². The van der Waals surface area contributed by atoms with Crippen LogP contribution in [0.25, 0.3) is 0 Å². The quantitative estimate of drug-likeness (QED) is 0.699. The van der Waals surface area contributed by atoms with Crippen LogP contribution in [0.5, 0.6) is 0 Å². The van der Waals surface area contributed by atoms with Crippen LogP contribution in [0, 0.1) is 17.1 Å². The van der Waals surface area contributed by atoms with Gasteiger partial charge in [-0.1, -0.05) is 0 Å². The van der Waals surface area contributed by atoms with Crippen LogP contribution in [-0.4, -0.2) is 26.3 Å². The molecule has 0 saturated carbocycles. The molecule has 1 aliphatic heterocycles. The van der Waals surface area contributed by atoms with Gasteiger partial charge in [-0.25, -0.2) is 4.39 Å². The maximum absolute atomic E-state index is 13.2. The van der Waals surface area contributed by atoms with Gasteiger partial charge < -0.3 is 9.64 Å². The van der Waals surface area contributed by atoms with Crippen LogP contribution in [0.15, 0.2) is 18.2 Å². The van der Waals surface area contributed by atoms with Crippen molar-refractivity contribution in [2.75, 3.05) is 31.2 Å². The first-order chi connectivity index (χ1) is 7.29. The number of hydrogen-bond donors (Lipinski definition) is 0. The summed E-state index contributed by atoms with van der Waals surface area (Å²) in [5, 5.41) is 8.72. The molecular weight excluding hydrogens is 195 g/mol. The molecule has 0 radical (unpaired) electrons. The maximum Gasteiger partial charge on any atom is 0.126 e. The topological polar surface area (TPSA) is 36.3 Å². The second kappa shape index (κ2) is 4.28. The summed E-state index contributed by atoms with van der Waals surface area (Å²) in [6.45, 7) is 2.79. The number of halogens is 1. The molecule has 1 aliphatic rings. The smallest absolute Gasteiger partial charge is 0.126 e. The molecule has 78 valence electrons. The Balaban J connectivity index is 2.27. The predicted molar refractivity (Wildman–Crippen MR) is 54.1 cm³/mol. The van der Waals surface area contributed by atoms with Gasteiger partial charge in [0.1, 0.15) is 5.82 Å². The molecule has 1 saturated heterocycles. The number of nitrogens with zero attached hydrogens (tertiary/aromatic N) is 2. The average molecular weight is 206 g/mol. The van der Waals surface area contributed by atoms with Crippen molar-refractivity contribution in [3.8, 4) is 6.07 Å². The highest BCUT2D eigenvalue weighted by Gasteiger charge is 2.12. The minimum absolute atomic E-state index is 0.358. The fraction of sp³-hybridized carbons (Fsp3) is 0.364. The minimum atomic E-state index is -0.365. The van der Waals surface area contributed by atoms with Crippen LogP contribution in [0.2, 0.25) is 0 Å². The van der Waals surface area contributed by atoms with Crippen molar-refractivity contribution in [1.29, 1.82) is 5.26 Å². The van der Waals surface area contributed by atoms with Gasteiger partial charge in [0, 0.05) is 18.8 Å². The van der Waals surface area contributed by atoms with Crippen molar-refractivity contribution in [3.63, 3.8) is 0 Å². The van der Waals surface area contributed by atoms with E-state index in [0.717, 1.165) is 18.8 Å². The molecule has 1 fully saturated rings. The Labute approximate surface area is 87.7 Å². The van der Waals surface area contributed by atoms with Crippen LogP contribution >= 0.6 is 0 Å². The number of hydrogen-bond acceptors (Lipinski definition) is 3. The lowest BCUT2D eigenvalue weighted by Gasteiger charge is -2.28. The molecule has 15 heavy (non-hydrogen) atoms. The lowest BCUT2D eigenvalue weighted by atomic mass is 10.2. The molecule has 1 aromatic rings. The van der Waals surface area contributed by atoms with Gasteiger partial charge in [0.25, 0.3) is 0 Å². The maximum atomic E-state index is 13.2. The van der Waals surface area contributed by atoms with E-state index in [0.29, 0.717) is 18.8 Å². The number of benzene rings is 1. The molecule has 0 spiro atoms. The average Bonchev–Trinajstić information content (AvgIpc) is 2.29. The molecular formula is C11H11FN2O. The number of rotatable bonds is 1. The highest BCUT2D eigenvalue weighted by Crippen LogP contribution is 2.19. The van der Waals surface area contributed by atoms with E-state index in [1.807, 2.05) is 11.0 Å². The standard InChI is InChI=1S/C11H11FN2O/c12-10-5-9(8-13)6-11(7-10)14-1-3-15-4-2-14/h5-7H,1-4H2. The molecule has 3 nitrogen and oxygen atoms in total. The molecule has 0 amide bonds. The van der Waals surface area contributed by atoms with E-state index in [4.69, 9.17) is 10.00 Å². The van der Waals surface area contributed by atoms with Crippen LogP contribution in [0.3, 0.4) is 0 Å². The van der Waals surface area contributed by atoms with E-state index in [1.54, 1.807) is 6.07 Å². The largest absolute Gasteiger partial charge is 0.378 e. The Hall–Kier alpha value is -1.60. The first-order valence-corrected chi connectivity index (χ1v) is 4.83. The number of ether oxygens (including phenoxy) is 1. The monoisotopic (exact) mass is 206 g/mol. The van der Waals surface area contributed by atoms with Crippen molar-refractivity contribution < 1.29 is 9.13 Å². The zero-order chi connectivity index (χ0) is 10.7. The first-order valence-electron chi connectivity index (χ1n) is 4.83. The molecule has 4 heteroatoms. The third-order valence-electron chi connectivity index (χ3n) is 2.39. The van der Waals surface area contributed by atoms with Crippen LogP contribution in [0.1, 0.15) is 5.56 Å². The summed E-state index contributed by atoms with van der Waals surface area (Å²) in [5.74, 6) is -0.365. The summed E-state index contributed by atoms with van der Waals surface area (Å²) in [5.41, 5.74) is 1.12. The molecule has 0 atom stereocenters. The second-order valence-corrected chi connectivity index (χ2v) is 3.41. The summed E-state index contributed by atoms with van der Waals surface area (Å²) >= 11 is 0. The molecule has 2 rings (SSSR count). The van der Waals surface area contributed by atoms with Crippen molar-refractivity contribution in [1.82, 2.24) is 0 Å². The van der Waals surface area contributed by atoms with Gasteiger partial charge in [-0.15, -0.1) is 0 Å². The van der Waals surface area contributed by atoms with Gasteiger partial charge in [-0.3, -0.25) is 0 Å². The van der Waals surface area contributed by atoms with E-state index in [9.17, 15) is 4.39 Å². The fourth-order valence-electron chi connectivity index (χ4n) is 1.64. The lowest BCUT2D eigenvalue weighted by molar-refractivity contribution is 0.122. The molecule has 0 aliphatic carbocycles. The third kappa shape index (κ3) is 2.25. The van der Waals surface area contributed by atoms with Gasteiger partial charge >= 0.3 is 0 Å². The SMILES string of the molecule is N#Cc1cc(F)cc(N2CCOCC2)c1. The zero-order valence-electron chi connectivity index (χ0n) is 8.24. The van der Waals surface area contributed by atoms with Crippen LogP contribution in [0.4, 0.5) is 10.1 Å². The number of anilines is 1. The normalized spacial score (nSPS) is 16.1. The van der Waals surface area contributed by atoms with Crippen molar-refractivity contribution >= 4 is 5.69 Å². The predicted octanol–water partition coefficient (Wildman–Crippen LogP) is 1.53. The minimum Gasteiger partial charge on any atom is -0.378 e. The summed E-state index contributed by atoms with van der Waals surface area (Å²) < 4.78 is 18.4. The molecule has 0 N–H and O–H groups in total. The van der Waals surface area contributed by atoms with E-state index < -0.39 is 0 Å². The Bertz CT molecular complexity index is 394. The Morgan fingerprint density at radius 2 is 2.00 bits per heavy atom. The second-order valence-electron chi connectivity index (χ2n) is 3.41. The van der Waals surface area contributed by atoms with Crippen molar-refractivity contribution in [2.24, 2.45) is 0 Å². The van der Waals surface area contributed by atoms with E-state index >= 15 is 0 Å². The number of morpholine rings is 1. The van der Waals surface area contributed by atoms with Crippen molar-refractivity contribution in [3.05, 3.63) is 29.6 Å². The molecule has 0 bridgehead atoms. The molecule has 0 aromatic heterocycles. The first kappa shape index (κ1) is 9.94. The highest BCUT2D eigenvalue weighted by atomic mass is 19.1.